The lowest BCUT2D eigenvalue weighted by Crippen LogP contribution is -2.14. The average molecular weight is 297 g/mol. The predicted octanol–water partition coefficient (Wildman–Crippen LogP) is 4.45. The largest absolute Gasteiger partial charge is 0.462 e. The number of pyridine rings is 1. The maximum absolute atomic E-state index is 8.77. The van der Waals surface area contributed by atoms with Crippen molar-refractivity contribution in [1.82, 2.24) is 4.98 Å². The quantitative estimate of drug-likeness (QED) is 0.884. The molecule has 2 heterocycles. The van der Waals surface area contributed by atoms with Gasteiger partial charge in [0.15, 0.2) is 5.58 Å². The average Bonchev–Trinajstić information content (AvgIpc) is 3.00. The third-order valence-corrected chi connectivity index (χ3v) is 5.00. The Morgan fingerprint density at radius 3 is 2.82 bits per heavy atom. The van der Waals surface area contributed by atoms with Crippen LogP contribution in [-0.4, -0.2) is 4.98 Å². The Morgan fingerprint density at radius 2 is 2.05 bits per heavy atom. The number of aromatic nitrogens is 1. The first-order chi connectivity index (χ1) is 10.8. The van der Waals surface area contributed by atoms with Gasteiger partial charge >= 0.3 is 0 Å². The van der Waals surface area contributed by atoms with Gasteiger partial charge in [-0.2, -0.15) is 5.26 Å². The molecule has 3 rings (SSSR count). The van der Waals surface area contributed by atoms with Gasteiger partial charge in [0.1, 0.15) is 5.52 Å². The smallest absolute Gasteiger partial charge is 0.157 e. The van der Waals surface area contributed by atoms with Gasteiger partial charge in [0, 0.05) is 18.1 Å². The first-order valence-corrected chi connectivity index (χ1v) is 8.25. The number of hydrogen-bond donors (Lipinski definition) is 1. The van der Waals surface area contributed by atoms with Gasteiger partial charge in [-0.25, -0.2) is 0 Å². The fourth-order valence-electron chi connectivity index (χ4n) is 3.66. The van der Waals surface area contributed by atoms with Gasteiger partial charge in [-0.05, 0) is 37.5 Å². The van der Waals surface area contributed by atoms with E-state index in [4.69, 9.17) is 15.4 Å². The fourth-order valence-corrected chi connectivity index (χ4v) is 3.66. The van der Waals surface area contributed by atoms with Crippen LogP contribution in [-0.2, 0) is 6.42 Å². The highest BCUT2D eigenvalue weighted by atomic mass is 16.3. The number of furan rings is 1. The molecule has 0 spiro atoms. The van der Waals surface area contributed by atoms with Crippen molar-refractivity contribution in [2.75, 3.05) is 5.73 Å². The highest BCUT2D eigenvalue weighted by molar-refractivity contribution is 5.80. The van der Waals surface area contributed by atoms with Crippen LogP contribution >= 0.6 is 0 Å². The van der Waals surface area contributed by atoms with Crippen molar-refractivity contribution in [3.8, 4) is 6.07 Å². The Balaban J connectivity index is 1.52. The molecule has 2 aromatic rings. The fraction of sp³-hybridized carbons (Fsp3) is 0.556. The monoisotopic (exact) mass is 297 g/mol. The van der Waals surface area contributed by atoms with Gasteiger partial charge in [-0.15, -0.1) is 0 Å². The van der Waals surface area contributed by atoms with Gasteiger partial charge < -0.3 is 10.2 Å². The number of nitrogens with two attached hydrogens (primary N) is 1. The Labute approximate surface area is 131 Å². The van der Waals surface area contributed by atoms with Gasteiger partial charge in [-0.3, -0.25) is 4.98 Å². The van der Waals surface area contributed by atoms with Gasteiger partial charge in [0.2, 0.25) is 0 Å². The van der Waals surface area contributed by atoms with Crippen LogP contribution in [0, 0.1) is 23.2 Å². The summed E-state index contributed by atoms with van der Waals surface area (Å²) >= 11 is 0. The van der Waals surface area contributed by atoms with Crippen molar-refractivity contribution >= 4 is 16.8 Å². The summed E-state index contributed by atoms with van der Waals surface area (Å²) in [5.74, 6) is 1.45. The van der Waals surface area contributed by atoms with Gasteiger partial charge in [0.05, 0.1) is 24.2 Å². The first-order valence-electron chi connectivity index (χ1n) is 8.25. The van der Waals surface area contributed by atoms with Crippen LogP contribution in [0.15, 0.2) is 22.9 Å². The van der Waals surface area contributed by atoms with Crippen molar-refractivity contribution in [2.45, 2.75) is 51.4 Å². The van der Waals surface area contributed by atoms with E-state index in [0.29, 0.717) is 5.92 Å². The molecule has 2 N–H and O–H groups in total. The number of aryl methyl sites for hydroxylation is 1. The topological polar surface area (TPSA) is 75.8 Å². The summed E-state index contributed by atoms with van der Waals surface area (Å²) in [6.45, 7) is 0. The SMILES string of the molecule is N#CCC1CCC(CCCc2c(N)cnc3ccoc23)CC1. The maximum Gasteiger partial charge on any atom is 0.157 e. The highest BCUT2D eigenvalue weighted by Gasteiger charge is 2.21. The van der Waals surface area contributed by atoms with E-state index in [1.54, 1.807) is 12.5 Å². The molecule has 4 nitrogen and oxygen atoms in total. The zero-order chi connectivity index (χ0) is 15.4. The Kier molecular flexibility index (Phi) is 4.62. The molecule has 1 aliphatic carbocycles. The van der Waals surface area contributed by atoms with Crippen LogP contribution in [0.1, 0.15) is 50.5 Å². The van der Waals surface area contributed by atoms with Gasteiger partial charge in [0.25, 0.3) is 0 Å². The Bertz CT molecular complexity index is 663. The lowest BCUT2D eigenvalue weighted by atomic mass is 9.78. The first kappa shape index (κ1) is 14.9. The molecule has 2 aromatic heterocycles. The van der Waals surface area contributed by atoms with E-state index < -0.39 is 0 Å². The molecule has 4 heteroatoms. The molecule has 0 aromatic carbocycles. The van der Waals surface area contributed by atoms with Crippen LogP contribution in [0.5, 0.6) is 0 Å². The second-order valence-corrected chi connectivity index (χ2v) is 6.47. The third kappa shape index (κ3) is 3.24. The normalized spacial score (nSPS) is 21.8. The van der Waals surface area contributed by atoms with E-state index in [1.165, 1.54) is 32.1 Å². The molecule has 1 aliphatic rings. The van der Waals surface area contributed by atoms with Crippen molar-refractivity contribution in [1.29, 1.82) is 5.26 Å². The van der Waals surface area contributed by atoms with E-state index in [1.807, 2.05) is 6.07 Å². The summed E-state index contributed by atoms with van der Waals surface area (Å²) in [5.41, 5.74) is 9.64. The number of nitriles is 1. The van der Waals surface area contributed by atoms with Crippen LogP contribution in [0.4, 0.5) is 5.69 Å². The van der Waals surface area contributed by atoms with Crippen molar-refractivity contribution in [3.05, 3.63) is 24.1 Å². The summed E-state index contributed by atoms with van der Waals surface area (Å²) in [7, 11) is 0. The van der Waals surface area contributed by atoms with Crippen LogP contribution in [0.3, 0.4) is 0 Å². The molecule has 0 saturated heterocycles. The second kappa shape index (κ2) is 6.83. The molecule has 0 unspecified atom stereocenters. The van der Waals surface area contributed by atoms with Crippen LogP contribution < -0.4 is 5.73 Å². The number of nitrogen functional groups attached to an aromatic ring is 1. The van der Waals surface area contributed by atoms with E-state index in [0.717, 1.165) is 47.5 Å². The molecule has 1 saturated carbocycles. The van der Waals surface area contributed by atoms with E-state index in [-0.39, 0.29) is 0 Å². The summed E-state index contributed by atoms with van der Waals surface area (Å²) < 4.78 is 5.54. The summed E-state index contributed by atoms with van der Waals surface area (Å²) in [4.78, 5) is 4.28. The Hall–Kier alpha value is -2.02. The lowest BCUT2D eigenvalue weighted by molar-refractivity contribution is 0.263. The summed E-state index contributed by atoms with van der Waals surface area (Å²) in [6, 6.07) is 4.19. The maximum atomic E-state index is 8.77. The minimum Gasteiger partial charge on any atom is -0.462 e. The molecule has 22 heavy (non-hydrogen) atoms. The minimum absolute atomic E-state index is 0.639. The summed E-state index contributed by atoms with van der Waals surface area (Å²) in [5, 5.41) is 8.77. The molecular formula is C18H23N3O. The van der Waals surface area contributed by atoms with Crippen LogP contribution in [0.2, 0.25) is 0 Å². The Morgan fingerprint density at radius 1 is 1.27 bits per heavy atom. The number of hydrogen-bond acceptors (Lipinski definition) is 4. The molecule has 0 aliphatic heterocycles. The molecule has 0 bridgehead atoms. The molecule has 1 fully saturated rings. The van der Waals surface area contributed by atoms with E-state index in [9.17, 15) is 0 Å². The van der Waals surface area contributed by atoms with Crippen molar-refractivity contribution < 1.29 is 4.42 Å². The molecule has 0 amide bonds. The second-order valence-electron chi connectivity index (χ2n) is 6.47. The zero-order valence-electron chi connectivity index (χ0n) is 12.9. The molecule has 116 valence electrons. The van der Waals surface area contributed by atoms with Crippen molar-refractivity contribution in [3.63, 3.8) is 0 Å². The van der Waals surface area contributed by atoms with E-state index >= 15 is 0 Å². The molecular weight excluding hydrogens is 274 g/mol. The van der Waals surface area contributed by atoms with E-state index in [2.05, 4.69) is 11.1 Å². The molecule has 0 atom stereocenters. The predicted molar refractivity (Wildman–Crippen MR) is 87.0 cm³/mol. The number of rotatable bonds is 5. The van der Waals surface area contributed by atoms with Gasteiger partial charge in [-0.1, -0.05) is 19.3 Å². The van der Waals surface area contributed by atoms with Crippen LogP contribution in [0.25, 0.3) is 11.1 Å². The standard InChI is InChI=1S/C18H23N3O/c19-10-8-14-6-4-13(5-7-14)2-1-3-15-16(20)12-21-17-9-11-22-18(15)17/h9,11-14H,1-8,20H2. The number of anilines is 1. The third-order valence-electron chi connectivity index (χ3n) is 5.00. The van der Waals surface area contributed by atoms with Crippen molar-refractivity contribution in [2.24, 2.45) is 11.8 Å². The molecule has 0 radical (unpaired) electrons. The lowest BCUT2D eigenvalue weighted by Gasteiger charge is -2.27. The minimum atomic E-state index is 0.639. The zero-order valence-corrected chi connectivity index (χ0v) is 12.9. The summed E-state index contributed by atoms with van der Waals surface area (Å²) in [6.07, 6.45) is 12.5. The number of fused-ring (bicyclic) bond motifs is 1. The number of nitrogens with zero attached hydrogens (tertiary/aromatic N) is 2. The highest BCUT2D eigenvalue weighted by Crippen LogP contribution is 2.34.